The van der Waals surface area contributed by atoms with E-state index >= 15 is 0 Å². The van der Waals surface area contributed by atoms with Crippen LogP contribution in [0.2, 0.25) is 0 Å². The van der Waals surface area contributed by atoms with E-state index in [-0.39, 0.29) is 17.5 Å². The van der Waals surface area contributed by atoms with Gasteiger partial charge in [-0.05, 0) is 48.0 Å². The number of nitrogens with zero attached hydrogens (tertiary/aromatic N) is 4. The quantitative estimate of drug-likeness (QED) is 0.318. The number of aliphatic hydroxyl groups is 1. The van der Waals surface area contributed by atoms with E-state index in [1.165, 1.54) is 29.2 Å². The van der Waals surface area contributed by atoms with Crippen LogP contribution in [-0.4, -0.2) is 64.5 Å². The Kier molecular flexibility index (Phi) is 7.35. The maximum Gasteiger partial charge on any atom is 0.573 e. The van der Waals surface area contributed by atoms with Crippen LogP contribution in [0.5, 0.6) is 5.75 Å². The molecule has 5 rings (SSSR count). The van der Waals surface area contributed by atoms with E-state index in [0.29, 0.717) is 36.3 Å². The number of carbonyl (C=O) groups is 1. The minimum absolute atomic E-state index is 0.0930. The van der Waals surface area contributed by atoms with Crippen LogP contribution in [0, 0.1) is 5.41 Å². The predicted octanol–water partition coefficient (Wildman–Crippen LogP) is 5.10. The first-order valence-corrected chi connectivity index (χ1v) is 12.9. The molecular formula is C30H29F3N4O4. The van der Waals surface area contributed by atoms with E-state index in [0.717, 1.165) is 5.56 Å². The van der Waals surface area contributed by atoms with Crippen molar-refractivity contribution in [2.45, 2.75) is 25.4 Å². The van der Waals surface area contributed by atoms with Crippen LogP contribution >= 0.6 is 0 Å². The number of benzene rings is 3. The fraction of sp³-hybridized carbons (Fsp3) is 0.300. The van der Waals surface area contributed by atoms with Gasteiger partial charge in [-0.25, -0.2) is 0 Å². The van der Waals surface area contributed by atoms with Gasteiger partial charge < -0.3 is 24.2 Å². The SMILES string of the molecule is CN1CC(C)([C@](O)(c2ccc(OC(F)(F)F)cc2)c2cccc(-c3nc(C(=O)N(C)Cc4ccccc4)no3)c2)C1. The van der Waals surface area contributed by atoms with Crippen molar-refractivity contribution in [1.29, 1.82) is 0 Å². The summed E-state index contributed by atoms with van der Waals surface area (Å²) in [6, 6.07) is 21.6. The lowest BCUT2D eigenvalue weighted by molar-refractivity contribution is -0.274. The number of ether oxygens (including phenoxy) is 1. The fourth-order valence-electron chi connectivity index (χ4n) is 5.54. The molecule has 1 aromatic heterocycles. The second kappa shape index (κ2) is 10.6. The lowest BCUT2D eigenvalue weighted by Gasteiger charge is -2.56. The van der Waals surface area contributed by atoms with Gasteiger partial charge in [0.1, 0.15) is 11.4 Å². The zero-order valence-electron chi connectivity index (χ0n) is 22.7. The van der Waals surface area contributed by atoms with Gasteiger partial charge in [0, 0.05) is 37.7 Å². The van der Waals surface area contributed by atoms with Gasteiger partial charge in [0.15, 0.2) is 0 Å². The number of amides is 1. The molecule has 0 aliphatic carbocycles. The van der Waals surface area contributed by atoms with Crippen molar-refractivity contribution in [2.24, 2.45) is 5.41 Å². The third-order valence-electron chi connectivity index (χ3n) is 7.37. The normalized spacial score (nSPS) is 16.5. The summed E-state index contributed by atoms with van der Waals surface area (Å²) in [5.41, 5.74) is 0.0776. The smallest absolute Gasteiger partial charge is 0.406 e. The van der Waals surface area contributed by atoms with Crippen molar-refractivity contribution < 1.29 is 32.3 Å². The summed E-state index contributed by atoms with van der Waals surface area (Å²) < 4.78 is 47.6. The molecule has 4 aromatic rings. The van der Waals surface area contributed by atoms with Crippen LogP contribution in [-0.2, 0) is 12.1 Å². The predicted molar refractivity (Wildman–Crippen MR) is 144 cm³/mol. The molecular weight excluding hydrogens is 537 g/mol. The first-order chi connectivity index (χ1) is 19.4. The molecule has 1 aliphatic rings. The molecule has 1 fully saturated rings. The van der Waals surface area contributed by atoms with Crippen LogP contribution in [0.25, 0.3) is 11.5 Å². The maximum atomic E-state index is 12.9. The average Bonchev–Trinajstić information content (AvgIpc) is 3.42. The Morgan fingerprint density at radius 1 is 1.05 bits per heavy atom. The highest BCUT2D eigenvalue weighted by atomic mass is 19.4. The molecule has 8 nitrogen and oxygen atoms in total. The number of carbonyl (C=O) groups excluding carboxylic acids is 1. The van der Waals surface area contributed by atoms with Crippen LogP contribution in [0.3, 0.4) is 0 Å². The zero-order chi connectivity index (χ0) is 29.4. The van der Waals surface area contributed by atoms with Gasteiger partial charge in [0.25, 0.3) is 17.6 Å². The molecule has 2 heterocycles. The fourth-order valence-corrected chi connectivity index (χ4v) is 5.54. The molecule has 1 saturated heterocycles. The lowest BCUT2D eigenvalue weighted by Crippen LogP contribution is -2.63. The van der Waals surface area contributed by atoms with Crippen molar-refractivity contribution in [2.75, 3.05) is 27.2 Å². The van der Waals surface area contributed by atoms with E-state index in [1.807, 2.05) is 49.2 Å². The van der Waals surface area contributed by atoms with Gasteiger partial charge in [0.2, 0.25) is 0 Å². The van der Waals surface area contributed by atoms with E-state index in [1.54, 1.807) is 31.3 Å². The van der Waals surface area contributed by atoms with E-state index < -0.39 is 23.3 Å². The largest absolute Gasteiger partial charge is 0.573 e. The van der Waals surface area contributed by atoms with Gasteiger partial charge >= 0.3 is 6.36 Å². The minimum atomic E-state index is -4.82. The maximum absolute atomic E-state index is 12.9. The van der Waals surface area contributed by atoms with E-state index in [2.05, 4.69) is 14.9 Å². The number of aromatic nitrogens is 2. The lowest BCUT2D eigenvalue weighted by atomic mass is 9.62. The van der Waals surface area contributed by atoms with Gasteiger partial charge in [-0.15, -0.1) is 13.2 Å². The standard InChI is InChI=1S/C30H29F3N4O4/c1-28(18-36(2)19-28)29(39,22-12-14-24(15-13-22)40-30(31,32)33)23-11-7-10-21(16-23)26-34-25(35-41-26)27(38)37(3)17-20-8-5-4-6-9-20/h4-16,39H,17-19H2,1-3H3/t29-/m0/s1. The number of likely N-dealkylation sites (tertiary alicyclic amines) is 1. The molecule has 214 valence electrons. The molecule has 0 spiro atoms. The molecule has 41 heavy (non-hydrogen) atoms. The number of hydrogen-bond donors (Lipinski definition) is 1. The van der Waals surface area contributed by atoms with E-state index in [9.17, 15) is 23.1 Å². The summed E-state index contributed by atoms with van der Waals surface area (Å²) in [5, 5.41) is 16.2. The molecule has 11 heteroatoms. The highest BCUT2D eigenvalue weighted by molar-refractivity contribution is 5.90. The summed E-state index contributed by atoms with van der Waals surface area (Å²) in [5.74, 6) is -0.807. The highest BCUT2D eigenvalue weighted by Crippen LogP contribution is 2.50. The Bertz CT molecular complexity index is 1520. The monoisotopic (exact) mass is 566 g/mol. The first kappa shape index (κ1) is 28.3. The summed E-state index contributed by atoms with van der Waals surface area (Å²) in [4.78, 5) is 20.8. The van der Waals surface area contributed by atoms with Gasteiger partial charge in [-0.2, -0.15) is 4.98 Å². The topological polar surface area (TPSA) is 91.9 Å². The first-order valence-electron chi connectivity index (χ1n) is 12.9. The van der Waals surface area contributed by atoms with Gasteiger partial charge in [-0.1, -0.05) is 66.7 Å². The molecule has 0 bridgehead atoms. The van der Waals surface area contributed by atoms with Gasteiger partial charge in [-0.3, -0.25) is 4.79 Å². The van der Waals surface area contributed by atoms with Crippen molar-refractivity contribution in [3.63, 3.8) is 0 Å². The van der Waals surface area contributed by atoms with Crippen LogP contribution in [0.1, 0.15) is 34.2 Å². The van der Waals surface area contributed by atoms with Crippen LogP contribution in [0.4, 0.5) is 13.2 Å². The molecule has 0 unspecified atom stereocenters. The number of halogens is 3. The molecule has 1 aliphatic heterocycles. The summed E-state index contributed by atoms with van der Waals surface area (Å²) in [7, 11) is 3.57. The number of alkyl halides is 3. The Balaban J connectivity index is 1.45. The minimum Gasteiger partial charge on any atom is -0.406 e. The molecule has 1 N–H and O–H groups in total. The van der Waals surface area contributed by atoms with Crippen molar-refractivity contribution >= 4 is 5.91 Å². The van der Waals surface area contributed by atoms with E-state index in [4.69, 9.17) is 4.52 Å². The van der Waals surface area contributed by atoms with Crippen molar-refractivity contribution in [3.8, 4) is 17.2 Å². The molecule has 0 saturated carbocycles. The highest BCUT2D eigenvalue weighted by Gasteiger charge is 2.55. The average molecular weight is 567 g/mol. The molecule has 3 aromatic carbocycles. The Morgan fingerprint density at radius 3 is 2.37 bits per heavy atom. The van der Waals surface area contributed by atoms with Gasteiger partial charge in [0.05, 0.1) is 0 Å². The van der Waals surface area contributed by atoms with Crippen molar-refractivity contribution in [1.82, 2.24) is 19.9 Å². The zero-order valence-corrected chi connectivity index (χ0v) is 22.7. The Labute approximate surface area is 235 Å². The third-order valence-corrected chi connectivity index (χ3v) is 7.37. The summed E-state index contributed by atoms with van der Waals surface area (Å²) in [6.07, 6.45) is -4.82. The van der Waals surface area contributed by atoms with Crippen molar-refractivity contribution in [3.05, 3.63) is 101 Å². The number of hydrogen-bond acceptors (Lipinski definition) is 7. The van der Waals surface area contributed by atoms with Crippen LogP contribution in [0.15, 0.2) is 83.4 Å². The molecule has 1 atom stereocenters. The summed E-state index contributed by atoms with van der Waals surface area (Å²) in [6.45, 7) is 3.38. The Morgan fingerprint density at radius 2 is 1.73 bits per heavy atom. The summed E-state index contributed by atoms with van der Waals surface area (Å²) >= 11 is 0. The molecule has 0 radical (unpaired) electrons. The van der Waals surface area contributed by atoms with Crippen LogP contribution < -0.4 is 4.74 Å². The second-order valence-corrected chi connectivity index (χ2v) is 10.7. The molecule has 1 amide bonds. The second-order valence-electron chi connectivity index (χ2n) is 10.7. The Hall–Kier alpha value is -4.22. The number of rotatable bonds is 8. The third kappa shape index (κ3) is 5.68.